The molecule has 0 aliphatic heterocycles. The van der Waals surface area contributed by atoms with Gasteiger partial charge >= 0.3 is 0 Å². The lowest BCUT2D eigenvalue weighted by atomic mass is 10.0. The van der Waals surface area contributed by atoms with Crippen LogP contribution in [0.2, 0.25) is 0 Å². The molecule has 0 bridgehead atoms. The highest BCUT2D eigenvalue weighted by molar-refractivity contribution is 5.87. The minimum absolute atomic E-state index is 0.00653. The van der Waals surface area contributed by atoms with Crippen LogP contribution in [0.25, 0.3) is 0 Å². The summed E-state index contributed by atoms with van der Waals surface area (Å²) in [5, 5.41) is 0. The summed E-state index contributed by atoms with van der Waals surface area (Å²) in [4.78, 5) is 13.0. The minimum Gasteiger partial charge on any atom is -0.336 e. The van der Waals surface area contributed by atoms with Crippen LogP contribution in [0.15, 0.2) is 12.2 Å². The van der Waals surface area contributed by atoms with E-state index in [1.807, 2.05) is 20.8 Å². The molecule has 12 heavy (non-hydrogen) atoms. The number of carbonyl (C=O) groups excluding carboxylic acids is 1. The summed E-state index contributed by atoms with van der Waals surface area (Å²) in [5.41, 5.74) is 5.26. The molecule has 2 N–H and O–H groups in total. The molecule has 3 heteroatoms. The number of allylic oxidation sites excluding steroid dienone is 1. The second-order valence-electron chi connectivity index (χ2n) is 3.41. The highest BCUT2D eigenvalue weighted by atomic mass is 16.2. The molecule has 0 saturated carbocycles. The van der Waals surface area contributed by atoms with E-state index in [1.165, 1.54) is 6.08 Å². The second-order valence-corrected chi connectivity index (χ2v) is 3.41. The van der Waals surface area contributed by atoms with E-state index in [4.69, 9.17) is 5.73 Å². The lowest BCUT2D eigenvalue weighted by Gasteiger charge is -2.33. The van der Waals surface area contributed by atoms with E-state index in [2.05, 4.69) is 0 Å². The van der Waals surface area contributed by atoms with Crippen LogP contribution >= 0.6 is 0 Å². The second kappa shape index (κ2) is 4.26. The number of carbonyl (C=O) groups is 1. The van der Waals surface area contributed by atoms with Gasteiger partial charge in [0.2, 0.25) is 5.91 Å². The molecule has 0 saturated heterocycles. The first kappa shape index (κ1) is 11.2. The Bertz CT molecular complexity index is 185. The number of hydrogen-bond donors (Lipinski definition) is 1. The van der Waals surface area contributed by atoms with Crippen LogP contribution in [0.4, 0.5) is 0 Å². The molecule has 0 rings (SSSR count). The van der Waals surface area contributed by atoms with Crippen molar-refractivity contribution in [1.82, 2.24) is 4.90 Å². The smallest absolute Gasteiger partial charge is 0.246 e. The summed E-state index contributed by atoms with van der Waals surface area (Å²) in [5.74, 6) is -0.00653. The number of likely N-dealkylation sites (N-methyl/N-ethyl adjacent to an activating group) is 1. The maximum absolute atomic E-state index is 11.3. The van der Waals surface area contributed by atoms with Gasteiger partial charge in [-0.25, -0.2) is 0 Å². The van der Waals surface area contributed by atoms with Gasteiger partial charge in [0.25, 0.3) is 0 Å². The van der Waals surface area contributed by atoms with Crippen LogP contribution in [0, 0.1) is 0 Å². The monoisotopic (exact) mass is 170 g/mol. The quantitative estimate of drug-likeness (QED) is 0.635. The summed E-state index contributed by atoms with van der Waals surface area (Å²) in [6.07, 6.45) is 3.27. The average Bonchev–Trinajstić information content (AvgIpc) is 2.03. The first-order chi connectivity index (χ1) is 5.45. The minimum atomic E-state index is -0.267. The predicted octanol–water partition coefficient (Wildman–Crippen LogP) is 0.758. The topological polar surface area (TPSA) is 46.3 Å². The molecule has 0 aromatic carbocycles. The lowest BCUT2D eigenvalue weighted by molar-refractivity contribution is -0.129. The highest BCUT2D eigenvalue weighted by Crippen LogP contribution is 2.10. The Kier molecular flexibility index (Phi) is 3.96. The molecule has 0 aliphatic carbocycles. The molecule has 0 spiro atoms. The normalized spacial score (nSPS) is 12.1. The Morgan fingerprint density at radius 2 is 2.08 bits per heavy atom. The third-order valence-electron chi connectivity index (χ3n) is 2.05. The Hall–Kier alpha value is -0.830. The summed E-state index contributed by atoms with van der Waals surface area (Å²) in [6, 6.07) is 0. The van der Waals surface area contributed by atoms with Gasteiger partial charge in [0.15, 0.2) is 0 Å². The largest absolute Gasteiger partial charge is 0.336 e. The SMILES string of the molecule is C/C=C/C(=O)N(C)C(C)(C)CN. The van der Waals surface area contributed by atoms with Gasteiger partial charge in [0.1, 0.15) is 0 Å². The molecule has 0 atom stereocenters. The Labute approximate surface area is 74.2 Å². The molecule has 0 radical (unpaired) electrons. The number of hydrogen-bond acceptors (Lipinski definition) is 2. The van der Waals surface area contributed by atoms with Crippen molar-refractivity contribution in [3.05, 3.63) is 12.2 Å². The zero-order valence-electron chi connectivity index (χ0n) is 8.29. The molecular formula is C9H18N2O. The number of amides is 1. The van der Waals surface area contributed by atoms with E-state index in [0.717, 1.165) is 0 Å². The van der Waals surface area contributed by atoms with E-state index in [1.54, 1.807) is 18.0 Å². The van der Waals surface area contributed by atoms with Crippen molar-refractivity contribution < 1.29 is 4.79 Å². The van der Waals surface area contributed by atoms with Gasteiger partial charge in [-0.15, -0.1) is 0 Å². The van der Waals surface area contributed by atoms with Crippen LogP contribution in [-0.4, -0.2) is 29.9 Å². The number of nitrogens with two attached hydrogens (primary N) is 1. The molecule has 0 aliphatic rings. The summed E-state index contributed by atoms with van der Waals surface area (Å²) in [7, 11) is 1.76. The van der Waals surface area contributed by atoms with Gasteiger partial charge in [-0.2, -0.15) is 0 Å². The van der Waals surface area contributed by atoms with Gasteiger partial charge in [-0.05, 0) is 26.8 Å². The predicted molar refractivity (Wildman–Crippen MR) is 50.7 cm³/mol. The van der Waals surface area contributed by atoms with Crippen molar-refractivity contribution in [3.63, 3.8) is 0 Å². The first-order valence-electron chi connectivity index (χ1n) is 4.06. The van der Waals surface area contributed by atoms with Crippen molar-refractivity contribution in [2.75, 3.05) is 13.6 Å². The molecule has 0 fully saturated rings. The van der Waals surface area contributed by atoms with E-state index in [9.17, 15) is 4.79 Å². The molecule has 1 amide bonds. The summed E-state index contributed by atoms with van der Waals surface area (Å²) in [6.45, 7) is 6.16. The fourth-order valence-corrected chi connectivity index (χ4v) is 0.690. The fourth-order valence-electron chi connectivity index (χ4n) is 0.690. The van der Waals surface area contributed by atoms with E-state index in [0.29, 0.717) is 6.54 Å². The standard InChI is InChI=1S/C9H18N2O/c1-5-6-8(12)11(4)9(2,3)7-10/h5-6H,7,10H2,1-4H3/b6-5+. The molecule has 0 aromatic heterocycles. The van der Waals surface area contributed by atoms with Gasteiger partial charge in [-0.1, -0.05) is 6.08 Å². The number of rotatable bonds is 3. The van der Waals surface area contributed by atoms with Gasteiger partial charge < -0.3 is 10.6 Å². The molecule has 3 nitrogen and oxygen atoms in total. The van der Waals surface area contributed by atoms with Crippen molar-refractivity contribution >= 4 is 5.91 Å². The summed E-state index contributed by atoms with van der Waals surface area (Å²) < 4.78 is 0. The molecule has 0 unspecified atom stereocenters. The van der Waals surface area contributed by atoms with Crippen LogP contribution < -0.4 is 5.73 Å². The summed E-state index contributed by atoms with van der Waals surface area (Å²) >= 11 is 0. The maximum Gasteiger partial charge on any atom is 0.246 e. The third kappa shape index (κ3) is 2.66. The average molecular weight is 170 g/mol. The Balaban J connectivity index is 4.37. The molecule has 70 valence electrons. The Morgan fingerprint density at radius 1 is 1.58 bits per heavy atom. The van der Waals surface area contributed by atoms with Gasteiger partial charge in [0.05, 0.1) is 0 Å². The molecular weight excluding hydrogens is 152 g/mol. The lowest BCUT2D eigenvalue weighted by Crippen LogP contribution is -2.49. The third-order valence-corrected chi connectivity index (χ3v) is 2.05. The van der Waals surface area contributed by atoms with E-state index < -0.39 is 0 Å². The van der Waals surface area contributed by atoms with E-state index in [-0.39, 0.29) is 11.4 Å². The zero-order chi connectivity index (χ0) is 9.78. The van der Waals surface area contributed by atoms with Crippen LogP contribution in [0.5, 0.6) is 0 Å². The van der Waals surface area contributed by atoms with Crippen LogP contribution in [-0.2, 0) is 4.79 Å². The van der Waals surface area contributed by atoms with Gasteiger partial charge in [0, 0.05) is 19.1 Å². The van der Waals surface area contributed by atoms with Crippen molar-refractivity contribution in [3.8, 4) is 0 Å². The number of nitrogens with zero attached hydrogens (tertiary/aromatic N) is 1. The van der Waals surface area contributed by atoms with Crippen LogP contribution in [0.1, 0.15) is 20.8 Å². The van der Waals surface area contributed by atoms with E-state index >= 15 is 0 Å². The first-order valence-corrected chi connectivity index (χ1v) is 4.06. The highest BCUT2D eigenvalue weighted by Gasteiger charge is 2.24. The van der Waals surface area contributed by atoms with Crippen molar-refractivity contribution in [1.29, 1.82) is 0 Å². The molecule has 0 aromatic rings. The fraction of sp³-hybridized carbons (Fsp3) is 0.667. The van der Waals surface area contributed by atoms with Gasteiger partial charge in [-0.3, -0.25) is 4.79 Å². The van der Waals surface area contributed by atoms with Crippen molar-refractivity contribution in [2.24, 2.45) is 5.73 Å². The molecule has 0 heterocycles. The maximum atomic E-state index is 11.3. The van der Waals surface area contributed by atoms with Crippen LogP contribution in [0.3, 0.4) is 0 Å². The van der Waals surface area contributed by atoms with Crippen molar-refractivity contribution in [2.45, 2.75) is 26.3 Å². The Morgan fingerprint density at radius 3 is 2.42 bits per heavy atom. The zero-order valence-corrected chi connectivity index (χ0v) is 8.29.